The second-order valence-corrected chi connectivity index (χ2v) is 8.01. The van der Waals surface area contributed by atoms with E-state index in [2.05, 4.69) is 41.6 Å². The zero-order valence-corrected chi connectivity index (χ0v) is 18.3. The molecule has 2 aromatic carbocycles. The van der Waals surface area contributed by atoms with Crippen molar-refractivity contribution >= 4 is 23.4 Å². The molecule has 2 aromatic rings. The predicted molar refractivity (Wildman–Crippen MR) is 118 cm³/mol. The third-order valence-corrected chi connectivity index (χ3v) is 5.04. The Morgan fingerprint density at radius 1 is 1.07 bits per heavy atom. The molecular formula is C23H30ClN3O2. The summed E-state index contributed by atoms with van der Waals surface area (Å²) in [5, 5.41) is 6.35. The van der Waals surface area contributed by atoms with Gasteiger partial charge in [0.05, 0.1) is 0 Å². The highest BCUT2D eigenvalue weighted by Gasteiger charge is 2.24. The molecule has 0 heterocycles. The van der Waals surface area contributed by atoms with Crippen LogP contribution in [0.1, 0.15) is 42.3 Å². The minimum absolute atomic E-state index is 0.0456. The fourth-order valence-electron chi connectivity index (χ4n) is 2.92. The first-order valence-electron chi connectivity index (χ1n) is 9.90. The van der Waals surface area contributed by atoms with Crippen LogP contribution in [0.3, 0.4) is 0 Å². The number of rotatable bonds is 9. The van der Waals surface area contributed by atoms with E-state index in [0.29, 0.717) is 17.1 Å². The largest absolute Gasteiger partial charge is 0.350 e. The lowest BCUT2D eigenvalue weighted by Gasteiger charge is -2.22. The summed E-state index contributed by atoms with van der Waals surface area (Å²) in [6.45, 7) is 8.20. The molecule has 156 valence electrons. The van der Waals surface area contributed by atoms with Crippen molar-refractivity contribution in [2.45, 2.75) is 39.9 Å². The molecule has 2 rings (SSSR count). The van der Waals surface area contributed by atoms with Gasteiger partial charge in [0, 0.05) is 23.7 Å². The van der Waals surface area contributed by atoms with E-state index in [9.17, 15) is 9.59 Å². The third kappa shape index (κ3) is 7.18. The van der Waals surface area contributed by atoms with E-state index in [-0.39, 0.29) is 17.7 Å². The first-order chi connectivity index (χ1) is 13.8. The average Bonchev–Trinajstić information content (AvgIpc) is 2.70. The second kappa shape index (κ2) is 11.0. The van der Waals surface area contributed by atoms with E-state index in [1.807, 2.05) is 26.0 Å². The van der Waals surface area contributed by atoms with Crippen LogP contribution in [0.5, 0.6) is 0 Å². The molecule has 0 spiro atoms. The molecule has 0 aliphatic carbocycles. The van der Waals surface area contributed by atoms with Gasteiger partial charge in [-0.1, -0.05) is 56.6 Å². The van der Waals surface area contributed by atoms with Crippen LogP contribution in [0.2, 0.25) is 5.02 Å². The Bertz CT molecular complexity index is 821. The van der Waals surface area contributed by atoms with Crippen molar-refractivity contribution in [3.05, 3.63) is 70.2 Å². The average molecular weight is 416 g/mol. The summed E-state index contributed by atoms with van der Waals surface area (Å²) in [5.74, 6) is -0.533. The Morgan fingerprint density at radius 2 is 1.72 bits per heavy atom. The molecule has 0 aliphatic heterocycles. The molecule has 5 nitrogen and oxygen atoms in total. The first-order valence-corrected chi connectivity index (χ1v) is 10.3. The summed E-state index contributed by atoms with van der Waals surface area (Å²) in [5.41, 5.74) is 2.71. The number of carbonyl (C=O) groups excluding carboxylic acids is 2. The molecule has 0 fully saturated rings. The number of benzene rings is 2. The zero-order chi connectivity index (χ0) is 21.4. The Balaban J connectivity index is 1.98. The molecule has 0 aliphatic rings. The van der Waals surface area contributed by atoms with Crippen molar-refractivity contribution in [1.29, 1.82) is 0 Å². The molecular weight excluding hydrogens is 386 g/mol. The molecule has 1 atom stereocenters. The van der Waals surface area contributed by atoms with Gasteiger partial charge in [0.25, 0.3) is 5.91 Å². The predicted octanol–water partition coefficient (Wildman–Crippen LogP) is 3.86. The number of nitrogens with zero attached hydrogens (tertiary/aromatic N) is 1. The minimum Gasteiger partial charge on any atom is -0.350 e. The summed E-state index contributed by atoms with van der Waals surface area (Å²) in [6.07, 6.45) is 0. The lowest BCUT2D eigenvalue weighted by atomic mass is 10.0. The maximum absolute atomic E-state index is 12.7. The highest BCUT2D eigenvalue weighted by Crippen LogP contribution is 2.11. The van der Waals surface area contributed by atoms with Gasteiger partial charge in [-0.05, 0) is 54.9 Å². The number of hydrogen-bond acceptors (Lipinski definition) is 3. The minimum atomic E-state index is -0.618. The molecule has 6 heteroatoms. The molecule has 0 aromatic heterocycles. The fraction of sp³-hybridized carbons (Fsp3) is 0.391. The van der Waals surface area contributed by atoms with Crippen molar-refractivity contribution < 1.29 is 9.59 Å². The van der Waals surface area contributed by atoms with Crippen LogP contribution in [-0.2, 0) is 17.9 Å². The molecule has 2 amide bonds. The summed E-state index contributed by atoms with van der Waals surface area (Å²) in [7, 11) is 2.07. The van der Waals surface area contributed by atoms with Gasteiger partial charge in [-0.2, -0.15) is 0 Å². The highest BCUT2D eigenvalue weighted by atomic mass is 35.5. The standard InChI is InChI=1S/C23H30ClN3O2/c1-5-27(4)15-18-8-6-7-17(13-18)14-25-23(29)21(16(2)3)26-22(28)19-9-11-20(24)12-10-19/h6-13,16,21H,5,14-15H2,1-4H3,(H,25,29)(H,26,28). The van der Waals surface area contributed by atoms with E-state index in [0.717, 1.165) is 18.7 Å². The van der Waals surface area contributed by atoms with Crippen LogP contribution in [0, 0.1) is 5.92 Å². The molecule has 0 bridgehead atoms. The Morgan fingerprint density at radius 3 is 2.34 bits per heavy atom. The van der Waals surface area contributed by atoms with E-state index >= 15 is 0 Å². The fourth-order valence-corrected chi connectivity index (χ4v) is 3.05. The molecule has 0 radical (unpaired) electrons. The van der Waals surface area contributed by atoms with Gasteiger partial charge < -0.3 is 15.5 Å². The maximum Gasteiger partial charge on any atom is 0.251 e. The Labute approximate surface area is 178 Å². The lowest BCUT2D eigenvalue weighted by Crippen LogP contribution is -2.49. The van der Waals surface area contributed by atoms with E-state index in [4.69, 9.17) is 11.6 Å². The van der Waals surface area contributed by atoms with Gasteiger partial charge in [-0.15, -0.1) is 0 Å². The summed E-state index contributed by atoms with van der Waals surface area (Å²) in [4.78, 5) is 27.4. The molecule has 0 saturated carbocycles. The maximum atomic E-state index is 12.7. The van der Waals surface area contributed by atoms with Gasteiger partial charge in [-0.3, -0.25) is 9.59 Å². The van der Waals surface area contributed by atoms with Crippen LogP contribution in [0.25, 0.3) is 0 Å². The monoisotopic (exact) mass is 415 g/mol. The summed E-state index contributed by atoms with van der Waals surface area (Å²) in [6, 6.07) is 14.2. The van der Waals surface area contributed by atoms with Crippen LogP contribution < -0.4 is 10.6 Å². The molecule has 1 unspecified atom stereocenters. The Kier molecular flexibility index (Phi) is 8.68. The van der Waals surface area contributed by atoms with Crippen molar-refractivity contribution in [2.24, 2.45) is 5.92 Å². The topological polar surface area (TPSA) is 61.4 Å². The van der Waals surface area contributed by atoms with Crippen LogP contribution in [0.15, 0.2) is 48.5 Å². The van der Waals surface area contributed by atoms with Gasteiger partial charge in [0.2, 0.25) is 5.91 Å². The second-order valence-electron chi connectivity index (χ2n) is 7.57. The molecule has 29 heavy (non-hydrogen) atoms. The Hall–Kier alpha value is -2.37. The highest BCUT2D eigenvalue weighted by molar-refractivity contribution is 6.30. The molecule has 0 saturated heterocycles. The van der Waals surface area contributed by atoms with E-state index < -0.39 is 6.04 Å². The van der Waals surface area contributed by atoms with E-state index in [1.165, 1.54) is 5.56 Å². The van der Waals surface area contributed by atoms with Crippen LogP contribution in [-0.4, -0.2) is 36.3 Å². The SMILES string of the molecule is CCN(C)Cc1cccc(CNC(=O)C(NC(=O)c2ccc(Cl)cc2)C(C)C)c1. The third-order valence-electron chi connectivity index (χ3n) is 4.79. The quantitative estimate of drug-likeness (QED) is 0.653. The van der Waals surface area contributed by atoms with Crippen molar-refractivity contribution in [3.63, 3.8) is 0 Å². The molecule has 2 N–H and O–H groups in total. The van der Waals surface area contributed by atoms with Crippen molar-refractivity contribution in [1.82, 2.24) is 15.5 Å². The number of amides is 2. The zero-order valence-electron chi connectivity index (χ0n) is 17.5. The van der Waals surface area contributed by atoms with Gasteiger partial charge >= 0.3 is 0 Å². The summed E-state index contributed by atoms with van der Waals surface area (Å²) < 4.78 is 0. The first kappa shape index (κ1) is 22.9. The smallest absolute Gasteiger partial charge is 0.251 e. The number of carbonyl (C=O) groups is 2. The van der Waals surface area contributed by atoms with Crippen molar-refractivity contribution in [3.8, 4) is 0 Å². The number of nitrogens with one attached hydrogen (secondary N) is 2. The van der Waals surface area contributed by atoms with Crippen molar-refractivity contribution in [2.75, 3.05) is 13.6 Å². The van der Waals surface area contributed by atoms with Crippen LogP contribution >= 0.6 is 11.6 Å². The van der Waals surface area contributed by atoms with Gasteiger partial charge in [0.1, 0.15) is 6.04 Å². The summed E-state index contributed by atoms with van der Waals surface area (Å²) >= 11 is 5.87. The van der Waals surface area contributed by atoms with Crippen LogP contribution in [0.4, 0.5) is 0 Å². The lowest BCUT2D eigenvalue weighted by molar-refractivity contribution is -0.124. The normalized spacial score (nSPS) is 12.1. The van der Waals surface area contributed by atoms with E-state index in [1.54, 1.807) is 24.3 Å². The van der Waals surface area contributed by atoms with Gasteiger partial charge in [-0.25, -0.2) is 0 Å². The van der Waals surface area contributed by atoms with Gasteiger partial charge in [0.15, 0.2) is 0 Å². The number of hydrogen-bond donors (Lipinski definition) is 2. The number of halogens is 1.